The monoisotopic (exact) mass is 203 g/mol. The maximum atomic E-state index is 11.7. The Morgan fingerprint density at radius 2 is 1.67 bits per heavy atom. The summed E-state index contributed by atoms with van der Waals surface area (Å²) in [5, 5.41) is 0. The lowest BCUT2D eigenvalue weighted by molar-refractivity contribution is -0.129. The van der Waals surface area contributed by atoms with Crippen LogP contribution in [0.2, 0.25) is 0 Å². The van der Waals surface area contributed by atoms with Gasteiger partial charge in [-0.15, -0.1) is 0 Å². The maximum Gasteiger partial charge on any atom is 0.233 e. The summed E-state index contributed by atoms with van der Waals surface area (Å²) in [6, 6.07) is 7.47. The number of imide groups is 1. The molecule has 2 amide bonds. The Balaban J connectivity index is 2.40. The van der Waals surface area contributed by atoms with Crippen molar-refractivity contribution < 1.29 is 9.59 Å². The van der Waals surface area contributed by atoms with Crippen LogP contribution in [0.5, 0.6) is 0 Å². The van der Waals surface area contributed by atoms with Crippen molar-refractivity contribution >= 4 is 17.5 Å². The van der Waals surface area contributed by atoms with E-state index in [9.17, 15) is 9.59 Å². The Hall–Kier alpha value is -1.64. The molecule has 1 aromatic carbocycles. The highest BCUT2D eigenvalue weighted by atomic mass is 16.2. The van der Waals surface area contributed by atoms with E-state index in [1.807, 2.05) is 31.2 Å². The fourth-order valence-corrected chi connectivity index (χ4v) is 1.84. The van der Waals surface area contributed by atoms with Gasteiger partial charge in [0.1, 0.15) is 0 Å². The molecule has 0 aliphatic carbocycles. The molecule has 0 spiro atoms. The van der Waals surface area contributed by atoms with E-state index in [2.05, 4.69) is 0 Å². The van der Waals surface area contributed by atoms with Gasteiger partial charge in [0.25, 0.3) is 0 Å². The quantitative estimate of drug-likeness (QED) is 0.655. The Morgan fingerprint density at radius 1 is 1.07 bits per heavy atom. The van der Waals surface area contributed by atoms with Crippen molar-refractivity contribution in [2.75, 3.05) is 4.90 Å². The zero-order chi connectivity index (χ0) is 10.8. The molecular weight excluding hydrogens is 190 g/mol. The second-order valence-electron chi connectivity index (χ2n) is 3.76. The summed E-state index contributed by atoms with van der Waals surface area (Å²) in [4.78, 5) is 24.6. The Morgan fingerprint density at radius 3 is 2.27 bits per heavy atom. The predicted octanol–water partition coefficient (Wildman–Crippen LogP) is 2.04. The molecule has 0 aromatic heterocycles. The summed E-state index contributed by atoms with van der Waals surface area (Å²) >= 11 is 0. The molecule has 1 fully saturated rings. The van der Waals surface area contributed by atoms with Gasteiger partial charge in [0.05, 0.1) is 5.69 Å². The van der Waals surface area contributed by atoms with Gasteiger partial charge in [-0.25, -0.2) is 0 Å². The van der Waals surface area contributed by atoms with Crippen LogP contribution in [0.1, 0.15) is 24.8 Å². The largest absolute Gasteiger partial charge is 0.274 e. The van der Waals surface area contributed by atoms with Crippen LogP contribution in [0.25, 0.3) is 0 Å². The SMILES string of the molecule is Cc1ccccc1N1C(=O)CCCC1=O. The molecule has 2 rings (SSSR count). The van der Waals surface area contributed by atoms with Crippen LogP contribution in [0, 0.1) is 6.92 Å². The first-order valence-electron chi connectivity index (χ1n) is 5.11. The number of hydrogen-bond donors (Lipinski definition) is 0. The van der Waals surface area contributed by atoms with Crippen LogP contribution in [0.4, 0.5) is 5.69 Å². The molecule has 0 N–H and O–H groups in total. The van der Waals surface area contributed by atoms with Crippen LogP contribution in [0.15, 0.2) is 24.3 Å². The van der Waals surface area contributed by atoms with Gasteiger partial charge in [-0.05, 0) is 25.0 Å². The molecule has 1 saturated heterocycles. The summed E-state index contributed by atoms with van der Waals surface area (Å²) in [5.74, 6) is -0.166. The topological polar surface area (TPSA) is 37.4 Å². The van der Waals surface area contributed by atoms with Crippen molar-refractivity contribution in [2.45, 2.75) is 26.2 Å². The molecule has 0 unspecified atom stereocenters. The van der Waals surface area contributed by atoms with E-state index in [1.165, 1.54) is 4.90 Å². The van der Waals surface area contributed by atoms with Gasteiger partial charge >= 0.3 is 0 Å². The molecule has 0 saturated carbocycles. The van der Waals surface area contributed by atoms with Gasteiger partial charge in [-0.1, -0.05) is 18.2 Å². The van der Waals surface area contributed by atoms with Gasteiger partial charge < -0.3 is 0 Å². The van der Waals surface area contributed by atoms with E-state index >= 15 is 0 Å². The molecule has 15 heavy (non-hydrogen) atoms. The third-order valence-electron chi connectivity index (χ3n) is 2.64. The summed E-state index contributed by atoms with van der Waals surface area (Å²) < 4.78 is 0. The summed E-state index contributed by atoms with van der Waals surface area (Å²) in [6.45, 7) is 1.91. The van der Waals surface area contributed by atoms with E-state index < -0.39 is 0 Å². The second-order valence-corrected chi connectivity index (χ2v) is 3.76. The third-order valence-corrected chi connectivity index (χ3v) is 2.64. The van der Waals surface area contributed by atoms with E-state index in [0.29, 0.717) is 19.3 Å². The first kappa shape index (κ1) is 9.90. The highest BCUT2D eigenvalue weighted by Crippen LogP contribution is 2.24. The van der Waals surface area contributed by atoms with E-state index in [1.54, 1.807) is 0 Å². The first-order valence-corrected chi connectivity index (χ1v) is 5.11. The number of rotatable bonds is 1. The van der Waals surface area contributed by atoms with E-state index in [-0.39, 0.29) is 11.8 Å². The summed E-state index contributed by atoms with van der Waals surface area (Å²) in [7, 11) is 0. The summed E-state index contributed by atoms with van der Waals surface area (Å²) in [6.07, 6.45) is 1.63. The number of nitrogens with zero attached hydrogens (tertiary/aromatic N) is 1. The fraction of sp³-hybridized carbons (Fsp3) is 0.333. The molecule has 78 valence electrons. The van der Waals surface area contributed by atoms with Crippen LogP contribution in [-0.2, 0) is 9.59 Å². The van der Waals surface area contributed by atoms with Crippen LogP contribution >= 0.6 is 0 Å². The molecule has 1 aliphatic heterocycles. The molecule has 1 aliphatic rings. The zero-order valence-corrected chi connectivity index (χ0v) is 8.69. The second kappa shape index (κ2) is 3.85. The number of aryl methyl sites for hydroxylation is 1. The fourth-order valence-electron chi connectivity index (χ4n) is 1.84. The number of benzene rings is 1. The molecular formula is C12H13NO2. The standard InChI is InChI=1S/C12H13NO2/c1-9-5-2-3-6-10(9)13-11(14)7-4-8-12(13)15/h2-3,5-6H,4,7-8H2,1H3. The first-order chi connectivity index (χ1) is 7.20. The van der Waals surface area contributed by atoms with Gasteiger partial charge in [0, 0.05) is 12.8 Å². The molecule has 0 bridgehead atoms. The van der Waals surface area contributed by atoms with Crippen molar-refractivity contribution in [3.05, 3.63) is 29.8 Å². The van der Waals surface area contributed by atoms with Crippen molar-refractivity contribution in [2.24, 2.45) is 0 Å². The number of carbonyl (C=O) groups is 2. The predicted molar refractivity (Wildman–Crippen MR) is 57.5 cm³/mol. The van der Waals surface area contributed by atoms with Crippen molar-refractivity contribution in [3.63, 3.8) is 0 Å². The minimum atomic E-state index is -0.0828. The zero-order valence-electron chi connectivity index (χ0n) is 8.69. The van der Waals surface area contributed by atoms with Gasteiger partial charge in [0.2, 0.25) is 11.8 Å². The lowest BCUT2D eigenvalue weighted by Gasteiger charge is -2.26. The van der Waals surface area contributed by atoms with Crippen LogP contribution in [0.3, 0.4) is 0 Å². The lowest BCUT2D eigenvalue weighted by atomic mass is 10.1. The minimum Gasteiger partial charge on any atom is -0.274 e. The highest BCUT2D eigenvalue weighted by Gasteiger charge is 2.27. The smallest absolute Gasteiger partial charge is 0.233 e. The number of hydrogen-bond acceptors (Lipinski definition) is 2. The maximum absolute atomic E-state index is 11.7. The molecule has 3 nitrogen and oxygen atoms in total. The number of para-hydroxylation sites is 1. The average molecular weight is 203 g/mol. The Labute approximate surface area is 88.7 Å². The van der Waals surface area contributed by atoms with Crippen LogP contribution < -0.4 is 4.90 Å². The molecule has 1 aromatic rings. The minimum absolute atomic E-state index is 0.0828. The molecule has 0 radical (unpaired) electrons. The van der Waals surface area contributed by atoms with E-state index in [4.69, 9.17) is 0 Å². The number of anilines is 1. The third kappa shape index (κ3) is 1.77. The highest BCUT2D eigenvalue weighted by molar-refractivity contribution is 6.16. The molecule has 3 heteroatoms. The van der Waals surface area contributed by atoms with Crippen LogP contribution in [-0.4, -0.2) is 11.8 Å². The number of carbonyl (C=O) groups excluding carboxylic acids is 2. The Kier molecular flexibility index (Phi) is 2.54. The normalized spacial score (nSPS) is 17.0. The summed E-state index contributed by atoms with van der Waals surface area (Å²) in [5.41, 5.74) is 1.69. The number of piperidine rings is 1. The lowest BCUT2D eigenvalue weighted by Crippen LogP contribution is -2.40. The molecule has 0 atom stereocenters. The van der Waals surface area contributed by atoms with E-state index in [0.717, 1.165) is 11.3 Å². The average Bonchev–Trinajstić information content (AvgIpc) is 2.20. The van der Waals surface area contributed by atoms with Gasteiger partial charge in [0.15, 0.2) is 0 Å². The Bertz CT molecular complexity index is 396. The van der Waals surface area contributed by atoms with Gasteiger partial charge in [-0.2, -0.15) is 0 Å². The van der Waals surface area contributed by atoms with Crippen molar-refractivity contribution in [1.82, 2.24) is 0 Å². The van der Waals surface area contributed by atoms with Gasteiger partial charge in [-0.3, -0.25) is 14.5 Å². The van der Waals surface area contributed by atoms with Crippen molar-refractivity contribution in [3.8, 4) is 0 Å². The number of amides is 2. The molecule has 1 heterocycles. The van der Waals surface area contributed by atoms with Crippen molar-refractivity contribution in [1.29, 1.82) is 0 Å².